The summed E-state index contributed by atoms with van der Waals surface area (Å²) in [7, 11) is 1.71. The lowest BCUT2D eigenvalue weighted by Gasteiger charge is -2.42. The van der Waals surface area contributed by atoms with Crippen molar-refractivity contribution >= 4 is 0 Å². The molecule has 1 aliphatic carbocycles. The molecule has 0 amide bonds. The van der Waals surface area contributed by atoms with Gasteiger partial charge in [-0.05, 0) is 56.7 Å². The van der Waals surface area contributed by atoms with E-state index in [0.29, 0.717) is 18.1 Å². The highest BCUT2D eigenvalue weighted by molar-refractivity contribution is 5.27. The van der Waals surface area contributed by atoms with Crippen molar-refractivity contribution in [3.05, 3.63) is 29.8 Å². The van der Waals surface area contributed by atoms with Crippen LogP contribution in [0.5, 0.6) is 5.75 Å². The Balaban J connectivity index is 1.41. The summed E-state index contributed by atoms with van der Waals surface area (Å²) in [5.41, 5.74) is 1.35. The van der Waals surface area contributed by atoms with Crippen LogP contribution in [0, 0.1) is 0 Å². The topological polar surface area (TPSA) is 44.7 Å². The Labute approximate surface area is 152 Å². The Kier molecular flexibility index (Phi) is 6.74. The summed E-state index contributed by atoms with van der Waals surface area (Å²) >= 11 is 0. The highest BCUT2D eigenvalue weighted by Gasteiger charge is 2.31. The molecule has 3 rings (SSSR count). The van der Waals surface area contributed by atoms with E-state index in [4.69, 9.17) is 4.74 Å². The smallest absolute Gasteiger partial charge is 0.118 e. The van der Waals surface area contributed by atoms with E-state index >= 15 is 0 Å². The van der Waals surface area contributed by atoms with Gasteiger partial charge in [0.25, 0.3) is 0 Å². The highest BCUT2D eigenvalue weighted by Crippen LogP contribution is 2.26. The van der Waals surface area contributed by atoms with Gasteiger partial charge in [0, 0.05) is 31.2 Å². The zero-order valence-electron chi connectivity index (χ0n) is 15.8. The van der Waals surface area contributed by atoms with Crippen molar-refractivity contribution in [3.63, 3.8) is 0 Å². The van der Waals surface area contributed by atoms with Crippen molar-refractivity contribution in [1.82, 2.24) is 10.2 Å². The molecular weight excluding hydrogens is 312 g/mol. The van der Waals surface area contributed by atoms with E-state index < -0.39 is 0 Å². The average Bonchev–Trinajstić information content (AvgIpc) is 2.63. The lowest BCUT2D eigenvalue weighted by molar-refractivity contribution is 0.00672. The first kappa shape index (κ1) is 18.7. The van der Waals surface area contributed by atoms with E-state index in [9.17, 15) is 5.11 Å². The fourth-order valence-electron chi connectivity index (χ4n) is 4.49. The minimum Gasteiger partial charge on any atom is -0.497 e. The molecule has 3 atom stereocenters. The molecule has 1 saturated heterocycles. The number of aliphatic hydroxyl groups is 1. The number of nitrogens with zero attached hydrogens (tertiary/aromatic N) is 1. The molecule has 2 N–H and O–H groups in total. The molecule has 0 spiro atoms. The predicted molar refractivity (Wildman–Crippen MR) is 102 cm³/mol. The van der Waals surface area contributed by atoms with Crippen LogP contribution in [0.15, 0.2) is 24.3 Å². The molecule has 1 saturated carbocycles. The van der Waals surface area contributed by atoms with Crippen LogP contribution in [0.4, 0.5) is 0 Å². The second-order valence-electron chi connectivity index (χ2n) is 7.85. The van der Waals surface area contributed by atoms with E-state index in [1.54, 1.807) is 7.11 Å². The third-order valence-corrected chi connectivity index (χ3v) is 5.91. The zero-order chi connectivity index (χ0) is 17.6. The standard InChI is InChI=1S/C21H34N2O2/c1-16(15-17-7-9-19(25-2)10-8-17)22-18-11-13-23(14-12-18)20-5-3-4-6-21(20)24/h7-10,16,18,20-22,24H,3-6,11-15H2,1-2H3. The molecule has 2 fully saturated rings. The number of rotatable bonds is 6. The molecule has 4 heteroatoms. The van der Waals surface area contributed by atoms with Crippen LogP contribution in [-0.2, 0) is 6.42 Å². The summed E-state index contributed by atoms with van der Waals surface area (Å²) in [5, 5.41) is 14.1. The maximum Gasteiger partial charge on any atom is 0.118 e. The number of aliphatic hydroxyl groups excluding tert-OH is 1. The molecule has 4 nitrogen and oxygen atoms in total. The number of piperidine rings is 1. The fraction of sp³-hybridized carbons (Fsp3) is 0.714. The summed E-state index contributed by atoms with van der Waals surface area (Å²) in [6.07, 6.45) is 7.96. The molecule has 1 aromatic rings. The van der Waals surface area contributed by atoms with Gasteiger partial charge in [0.2, 0.25) is 0 Å². The molecule has 140 valence electrons. The Bertz CT molecular complexity index is 511. The molecule has 0 radical (unpaired) electrons. The van der Waals surface area contributed by atoms with E-state index in [2.05, 4.69) is 29.3 Å². The monoisotopic (exact) mass is 346 g/mol. The molecule has 1 heterocycles. The summed E-state index contributed by atoms with van der Waals surface area (Å²) in [6, 6.07) is 9.88. The van der Waals surface area contributed by atoms with Crippen LogP contribution in [0.25, 0.3) is 0 Å². The first-order chi connectivity index (χ1) is 12.2. The number of hydrogen-bond acceptors (Lipinski definition) is 4. The lowest BCUT2D eigenvalue weighted by Crippen LogP contribution is -2.52. The molecule has 2 aliphatic rings. The number of ether oxygens (including phenoxy) is 1. The fourth-order valence-corrected chi connectivity index (χ4v) is 4.49. The van der Waals surface area contributed by atoms with Gasteiger partial charge in [-0.3, -0.25) is 4.90 Å². The van der Waals surface area contributed by atoms with Crippen molar-refractivity contribution in [2.24, 2.45) is 0 Å². The maximum atomic E-state index is 10.3. The number of hydrogen-bond donors (Lipinski definition) is 2. The lowest BCUT2D eigenvalue weighted by atomic mass is 9.89. The summed E-state index contributed by atoms with van der Waals surface area (Å²) in [5.74, 6) is 0.918. The van der Waals surface area contributed by atoms with Gasteiger partial charge in [-0.1, -0.05) is 25.0 Å². The van der Waals surface area contributed by atoms with Crippen LogP contribution in [0.1, 0.15) is 51.0 Å². The minimum atomic E-state index is -0.104. The van der Waals surface area contributed by atoms with Crippen molar-refractivity contribution in [3.8, 4) is 5.75 Å². The molecular formula is C21H34N2O2. The van der Waals surface area contributed by atoms with Crippen LogP contribution < -0.4 is 10.1 Å². The first-order valence-corrected chi connectivity index (χ1v) is 9.97. The maximum absolute atomic E-state index is 10.3. The Hall–Kier alpha value is -1.10. The second kappa shape index (κ2) is 9.02. The highest BCUT2D eigenvalue weighted by atomic mass is 16.5. The second-order valence-corrected chi connectivity index (χ2v) is 7.85. The summed E-state index contributed by atoms with van der Waals surface area (Å²) in [6.45, 7) is 4.52. The van der Waals surface area contributed by atoms with E-state index in [1.807, 2.05) is 12.1 Å². The zero-order valence-corrected chi connectivity index (χ0v) is 15.8. The normalized spacial score (nSPS) is 27.2. The molecule has 0 bridgehead atoms. The third kappa shape index (κ3) is 5.19. The van der Waals surface area contributed by atoms with Gasteiger partial charge in [0.1, 0.15) is 5.75 Å². The number of nitrogens with one attached hydrogen (secondary N) is 1. The average molecular weight is 347 g/mol. The van der Waals surface area contributed by atoms with E-state index in [-0.39, 0.29) is 6.10 Å². The van der Waals surface area contributed by atoms with Crippen molar-refractivity contribution in [2.75, 3.05) is 20.2 Å². The van der Waals surface area contributed by atoms with Crippen LogP contribution >= 0.6 is 0 Å². The van der Waals surface area contributed by atoms with Gasteiger partial charge in [-0.25, -0.2) is 0 Å². The van der Waals surface area contributed by atoms with E-state index in [1.165, 1.54) is 37.7 Å². The molecule has 1 aromatic carbocycles. The van der Waals surface area contributed by atoms with Gasteiger partial charge in [-0.15, -0.1) is 0 Å². The molecule has 3 unspecified atom stereocenters. The number of likely N-dealkylation sites (tertiary alicyclic amines) is 1. The number of benzene rings is 1. The molecule has 0 aromatic heterocycles. The van der Waals surface area contributed by atoms with Gasteiger partial charge >= 0.3 is 0 Å². The Morgan fingerprint density at radius 3 is 2.44 bits per heavy atom. The van der Waals surface area contributed by atoms with E-state index in [0.717, 1.165) is 31.7 Å². The van der Waals surface area contributed by atoms with Gasteiger partial charge in [0.05, 0.1) is 13.2 Å². The van der Waals surface area contributed by atoms with Crippen LogP contribution in [0.2, 0.25) is 0 Å². The van der Waals surface area contributed by atoms with Gasteiger partial charge in [-0.2, -0.15) is 0 Å². The summed E-state index contributed by atoms with van der Waals surface area (Å²) in [4.78, 5) is 2.54. The quantitative estimate of drug-likeness (QED) is 0.831. The molecule has 1 aliphatic heterocycles. The SMILES string of the molecule is COc1ccc(CC(C)NC2CCN(C3CCCCC3O)CC2)cc1. The Morgan fingerprint density at radius 1 is 1.12 bits per heavy atom. The first-order valence-electron chi connectivity index (χ1n) is 9.97. The Morgan fingerprint density at radius 2 is 1.80 bits per heavy atom. The van der Waals surface area contributed by atoms with Crippen molar-refractivity contribution < 1.29 is 9.84 Å². The molecule has 25 heavy (non-hydrogen) atoms. The van der Waals surface area contributed by atoms with Crippen LogP contribution in [-0.4, -0.2) is 54.4 Å². The minimum absolute atomic E-state index is 0.104. The number of methoxy groups -OCH3 is 1. The van der Waals surface area contributed by atoms with Gasteiger partial charge < -0.3 is 15.2 Å². The largest absolute Gasteiger partial charge is 0.497 e. The van der Waals surface area contributed by atoms with Crippen molar-refractivity contribution in [1.29, 1.82) is 0 Å². The predicted octanol–water partition coefficient (Wildman–Crippen LogP) is 2.98. The van der Waals surface area contributed by atoms with Crippen molar-refractivity contribution in [2.45, 2.75) is 76.1 Å². The van der Waals surface area contributed by atoms with Crippen LogP contribution in [0.3, 0.4) is 0 Å². The van der Waals surface area contributed by atoms with Gasteiger partial charge in [0.15, 0.2) is 0 Å². The summed E-state index contributed by atoms with van der Waals surface area (Å²) < 4.78 is 5.23. The third-order valence-electron chi connectivity index (χ3n) is 5.91.